The molecule has 0 aromatic carbocycles. The van der Waals surface area contributed by atoms with Crippen molar-refractivity contribution in [2.75, 3.05) is 19.8 Å². The normalized spacial score (nSPS) is 9.23. The molecule has 0 spiro atoms. The van der Waals surface area contributed by atoms with Gasteiger partial charge >= 0.3 is 11.9 Å². The molecule has 0 aliphatic carbocycles. The van der Waals surface area contributed by atoms with Crippen LogP contribution in [0.5, 0.6) is 0 Å². The number of hydrogen-bond donors (Lipinski definition) is 3. The maximum atomic E-state index is 10.6. The molecule has 0 atom stereocenters. The van der Waals surface area contributed by atoms with E-state index in [1.807, 2.05) is 5.32 Å². The van der Waals surface area contributed by atoms with E-state index in [1.54, 1.807) is 0 Å². The van der Waals surface area contributed by atoms with Gasteiger partial charge in [-0.1, -0.05) is 0 Å². The zero-order valence-electron chi connectivity index (χ0n) is 6.65. The van der Waals surface area contributed by atoms with Crippen LogP contribution in [-0.2, 0) is 19.1 Å². The van der Waals surface area contributed by atoms with Crippen molar-refractivity contribution in [3.8, 4) is 0 Å². The molecule has 13 heavy (non-hydrogen) atoms. The smallest absolute Gasteiger partial charge is 0.329 e. The van der Waals surface area contributed by atoms with Crippen LogP contribution in [0.3, 0.4) is 0 Å². The maximum absolute atomic E-state index is 10.6. The number of ether oxygens (including phenoxy) is 1. The predicted molar refractivity (Wildman–Crippen MR) is 39.1 cm³/mol. The molecule has 0 saturated carbocycles. The average Bonchev–Trinajstić information content (AvgIpc) is 2.00. The summed E-state index contributed by atoms with van der Waals surface area (Å²) in [5.41, 5.74) is 0. The second-order valence-electron chi connectivity index (χ2n) is 2.06. The fourth-order valence-corrected chi connectivity index (χ4v) is 0.456. The monoisotopic (exact) mass is 191 g/mol. The lowest BCUT2D eigenvalue weighted by Crippen LogP contribution is -2.32. The summed E-state index contributed by atoms with van der Waals surface area (Å²) in [6.07, 6.45) is 0. The van der Waals surface area contributed by atoms with E-state index in [0.29, 0.717) is 0 Å². The fraction of sp³-hybridized carbons (Fsp3) is 0.500. The Kier molecular flexibility index (Phi) is 5.20. The molecule has 7 heteroatoms. The molecule has 0 saturated heterocycles. The lowest BCUT2D eigenvalue weighted by Gasteiger charge is -2.01. The molecule has 0 aromatic heterocycles. The number of nitrogens with one attached hydrogen (secondary N) is 1. The lowest BCUT2D eigenvalue weighted by molar-refractivity contribution is -0.144. The van der Waals surface area contributed by atoms with Gasteiger partial charge in [0, 0.05) is 0 Å². The third kappa shape index (κ3) is 8.27. The first-order valence-corrected chi connectivity index (χ1v) is 3.30. The molecular weight excluding hydrogens is 182 g/mol. The number of rotatable bonds is 6. The van der Waals surface area contributed by atoms with Crippen LogP contribution in [0.1, 0.15) is 0 Å². The van der Waals surface area contributed by atoms with E-state index in [1.165, 1.54) is 0 Å². The topological polar surface area (TPSA) is 113 Å². The Balaban J connectivity index is 3.41. The summed E-state index contributed by atoms with van der Waals surface area (Å²) in [5, 5.41) is 18.2. The highest BCUT2D eigenvalue weighted by molar-refractivity contribution is 5.82. The van der Waals surface area contributed by atoms with Crippen molar-refractivity contribution in [3.63, 3.8) is 0 Å². The molecule has 74 valence electrons. The van der Waals surface area contributed by atoms with E-state index in [-0.39, 0.29) is 0 Å². The summed E-state index contributed by atoms with van der Waals surface area (Å²) >= 11 is 0. The Hall–Kier alpha value is -1.63. The fourth-order valence-electron chi connectivity index (χ4n) is 0.456. The van der Waals surface area contributed by atoms with Gasteiger partial charge in [-0.2, -0.15) is 0 Å². The molecular formula is C6H9NO6. The van der Waals surface area contributed by atoms with Crippen LogP contribution in [0.25, 0.3) is 0 Å². The molecule has 0 aliphatic heterocycles. The average molecular weight is 191 g/mol. The zero-order valence-corrected chi connectivity index (χ0v) is 6.65. The van der Waals surface area contributed by atoms with E-state index in [9.17, 15) is 14.4 Å². The molecule has 0 aliphatic rings. The summed E-state index contributed by atoms with van der Waals surface area (Å²) in [6, 6.07) is 0. The highest BCUT2D eigenvalue weighted by Crippen LogP contribution is 1.75. The quantitative estimate of drug-likeness (QED) is 0.460. The first-order valence-electron chi connectivity index (χ1n) is 3.30. The van der Waals surface area contributed by atoms with E-state index < -0.39 is 37.6 Å². The number of hydrogen-bond acceptors (Lipinski definition) is 4. The van der Waals surface area contributed by atoms with Gasteiger partial charge in [0.25, 0.3) is 0 Å². The molecule has 1 amide bonds. The van der Waals surface area contributed by atoms with Gasteiger partial charge in [0.2, 0.25) is 5.91 Å². The van der Waals surface area contributed by atoms with Crippen LogP contribution in [0, 0.1) is 0 Å². The Morgan fingerprint density at radius 1 is 1.08 bits per heavy atom. The van der Waals surface area contributed by atoms with Gasteiger partial charge in [-0.15, -0.1) is 0 Å². The van der Waals surface area contributed by atoms with Crippen LogP contribution in [0.15, 0.2) is 0 Å². The third-order valence-corrected chi connectivity index (χ3v) is 0.895. The number of carbonyl (C=O) groups is 3. The van der Waals surface area contributed by atoms with Crippen molar-refractivity contribution >= 4 is 17.8 Å². The van der Waals surface area contributed by atoms with Crippen LogP contribution in [0.4, 0.5) is 0 Å². The minimum atomic E-state index is -1.19. The predicted octanol–water partition coefficient (Wildman–Crippen LogP) is -1.71. The van der Waals surface area contributed by atoms with Gasteiger partial charge in [0.1, 0.15) is 19.8 Å². The van der Waals surface area contributed by atoms with Crippen molar-refractivity contribution in [3.05, 3.63) is 0 Å². The number of amides is 1. The molecule has 0 bridgehead atoms. The van der Waals surface area contributed by atoms with Crippen LogP contribution < -0.4 is 5.32 Å². The van der Waals surface area contributed by atoms with E-state index in [0.717, 1.165) is 0 Å². The standard InChI is InChI=1S/C6H9NO6/c8-4(7-1-5(9)10)2-13-3-6(11)12/h1-3H2,(H,7,8)(H,9,10)(H,11,12). The van der Waals surface area contributed by atoms with E-state index in [2.05, 4.69) is 4.74 Å². The minimum absolute atomic E-state index is 0.459. The van der Waals surface area contributed by atoms with Gasteiger partial charge in [-0.05, 0) is 0 Å². The van der Waals surface area contributed by atoms with Gasteiger partial charge in [0.15, 0.2) is 0 Å². The molecule has 0 aromatic rings. The van der Waals surface area contributed by atoms with Crippen LogP contribution in [0.2, 0.25) is 0 Å². The van der Waals surface area contributed by atoms with Gasteiger partial charge in [-0.25, -0.2) is 4.79 Å². The Bertz CT molecular complexity index is 213. The summed E-state index contributed by atoms with van der Waals surface area (Å²) < 4.78 is 4.38. The summed E-state index contributed by atoms with van der Waals surface area (Å²) in [5.74, 6) is -3.03. The zero-order chi connectivity index (χ0) is 10.3. The molecule has 0 fully saturated rings. The van der Waals surface area contributed by atoms with Crippen molar-refractivity contribution in [2.24, 2.45) is 0 Å². The lowest BCUT2D eigenvalue weighted by atomic mass is 10.5. The second-order valence-corrected chi connectivity index (χ2v) is 2.06. The SMILES string of the molecule is O=C(O)CNC(=O)COCC(=O)O. The Morgan fingerprint density at radius 2 is 1.69 bits per heavy atom. The van der Waals surface area contributed by atoms with Gasteiger partial charge in [0.05, 0.1) is 0 Å². The molecule has 3 N–H and O–H groups in total. The largest absolute Gasteiger partial charge is 0.480 e. The van der Waals surface area contributed by atoms with Crippen molar-refractivity contribution in [1.82, 2.24) is 5.32 Å². The summed E-state index contributed by atoms with van der Waals surface area (Å²) in [6.45, 7) is -1.55. The molecule has 0 rings (SSSR count). The Labute approximate surface area is 73.3 Å². The number of carbonyl (C=O) groups excluding carboxylic acids is 1. The first kappa shape index (κ1) is 11.4. The molecule has 0 radical (unpaired) electrons. The summed E-state index contributed by atoms with van der Waals surface area (Å²) in [7, 11) is 0. The number of aliphatic carboxylic acids is 2. The molecule has 0 heterocycles. The second kappa shape index (κ2) is 5.95. The van der Waals surface area contributed by atoms with Gasteiger partial charge < -0.3 is 20.3 Å². The van der Waals surface area contributed by atoms with Gasteiger partial charge in [-0.3, -0.25) is 9.59 Å². The maximum Gasteiger partial charge on any atom is 0.329 e. The van der Waals surface area contributed by atoms with Crippen LogP contribution >= 0.6 is 0 Å². The number of carboxylic acid groups (broad SMARTS) is 2. The van der Waals surface area contributed by atoms with E-state index in [4.69, 9.17) is 10.2 Å². The first-order chi connectivity index (χ1) is 6.02. The van der Waals surface area contributed by atoms with Crippen molar-refractivity contribution in [1.29, 1.82) is 0 Å². The highest BCUT2D eigenvalue weighted by Gasteiger charge is 2.04. The minimum Gasteiger partial charge on any atom is -0.480 e. The number of carboxylic acids is 2. The highest BCUT2D eigenvalue weighted by atomic mass is 16.5. The van der Waals surface area contributed by atoms with E-state index >= 15 is 0 Å². The molecule has 0 unspecified atom stereocenters. The third-order valence-electron chi connectivity index (χ3n) is 0.895. The Morgan fingerprint density at radius 3 is 2.15 bits per heavy atom. The van der Waals surface area contributed by atoms with Crippen LogP contribution in [-0.4, -0.2) is 47.8 Å². The molecule has 7 nitrogen and oxygen atoms in total. The van der Waals surface area contributed by atoms with Crippen molar-refractivity contribution < 1.29 is 29.3 Å². The van der Waals surface area contributed by atoms with Crippen molar-refractivity contribution in [2.45, 2.75) is 0 Å². The summed E-state index contributed by atoms with van der Waals surface area (Å²) in [4.78, 5) is 30.5.